The minimum absolute atomic E-state index is 0.159. The molecule has 7 nitrogen and oxygen atoms in total. The molecule has 0 aromatic heterocycles. The van der Waals surface area contributed by atoms with E-state index in [0.717, 1.165) is 17.6 Å². The number of amides is 1. The topological polar surface area (TPSA) is 76.2 Å². The number of methoxy groups -OCH3 is 1. The fourth-order valence-electron chi connectivity index (χ4n) is 2.57. The number of rotatable bonds is 8. The molecule has 152 valence electrons. The van der Waals surface area contributed by atoms with Gasteiger partial charge in [0.15, 0.2) is 6.10 Å². The van der Waals surface area contributed by atoms with E-state index in [1.54, 1.807) is 50.2 Å². The Labute approximate surface area is 166 Å². The van der Waals surface area contributed by atoms with Crippen LogP contribution < -0.4 is 13.8 Å². The minimum Gasteiger partial charge on any atom is -0.497 e. The summed E-state index contributed by atoms with van der Waals surface area (Å²) in [5.41, 5.74) is 1.50. The maximum absolute atomic E-state index is 12.6. The van der Waals surface area contributed by atoms with Crippen LogP contribution in [0.3, 0.4) is 0 Å². The average Bonchev–Trinajstić information content (AvgIpc) is 2.67. The first-order valence-corrected chi connectivity index (χ1v) is 10.5. The molecule has 0 bridgehead atoms. The van der Waals surface area contributed by atoms with Crippen LogP contribution in [0.15, 0.2) is 48.5 Å². The van der Waals surface area contributed by atoms with Gasteiger partial charge < -0.3 is 14.4 Å². The zero-order chi connectivity index (χ0) is 20.9. The smallest absolute Gasteiger partial charge is 0.263 e. The van der Waals surface area contributed by atoms with Gasteiger partial charge in [0, 0.05) is 20.6 Å². The van der Waals surface area contributed by atoms with Crippen LogP contribution >= 0.6 is 0 Å². The summed E-state index contributed by atoms with van der Waals surface area (Å²) < 4.78 is 35.2. The van der Waals surface area contributed by atoms with Gasteiger partial charge in [0.1, 0.15) is 11.5 Å². The number of hydrogen-bond acceptors (Lipinski definition) is 5. The number of hydrogen-bond donors (Lipinski definition) is 0. The van der Waals surface area contributed by atoms with Crippen molar-refractivity contribution in [2.75, 3.05) is 31.8 Å². The molecule has 0 saturated heterocycles. The molecule has 2 aromatic carbocycles. The first-order valence-electron chi connectivity index (χ1n) is 8.70. The summed E-state index contributed by atoms with van der Waals surface area (Å²) in [5.74, 6) is 1.09. The molecular weight excluding hydrogens is 380 g/mol. The largest absolute Gasteiger partial charge is 0.497 e. The van der Waals surface area contributed by atoms with E-state index in [4.69, 9.17) is 9.47 Å². The highest BCUT2D eigenvalue weighted by molar-refractivity contribution is 7.92. The van der Waals surface area contributed by atoms with Crippen molar-refractivity contribution in [1.82, 2.24) is 4.90 Å². The summed E-state index contributed by atoms with van der Waals surface area (Å²) >= 11 is 0. The maximum atomic E-state index is 12.6. The summed E-state index contributed by atoms with van der Waals surface area (Å²) in [7, 11) is 1.48. The Balaban J connectivity index is 1.97. The lowest BCUT2D eigenvalue weighted by Crippen LogP contribution is -2.37. The van der Waals surface area contributed by atoms with E-state index in [1.807, 2.05) is 24.3 Å². The van der Waals surface area contributed by atoms with Gasteiger partial charge in [-0.15, -0.1) is 0 Å². The normalized spacial score (nSPS) is 12.2. The zero-order valence-electron chi connectivity index (χ0n) is 16.7. The highest BCUT2D eigenvalue weighted by Crippen LogP contribution is 2.21. The van der Waals surface area contributed by atoms with Crippen LogP contribution in [0.2, 0.25) is 0 Å². The molecule has 1 amide bonds. The third-order valence-electron chi connectivity index (χ3n) is 4.31. The Morgan fingerprint density at radius 2 is 1.54 bits per heavy atom. The van der Waals surface area contributed by atoms with Crippen LogP contribution in [0, 0.1) is 0 Å². The molecule has 28 heavy (non-hydrogen) atoms. The monoisotopic (exact) mass is 406 g/mol. The quantitative estimate of drug-likeness (QED) is 0.673. The third-order valence-corrected chi connectivity index (χ3v) is 5.52. The highest BCUT2D eigenvalue weighted by atomic mass is 32.2. The van der Waals surface area contributed by atoms with Gasteiger partial charge in [-0.05, 0) is 48.9 Å². The second-order valence-corrected chi connectivity index (χ2v) is 8.54. The molecular formula is C20H26N2O5S. The van der Waals surface area contributed by atoms with E-state index in [-0.39, 0.29) is 5.91 Å². The van der Waals surface area contributed by atoms with Crippen molar-refractivity contribution < 1.29 is 22.7 Å². The van der Waals surface area contributed by atoms with Crippen LogP contribution in [-0.4, -0.2) is 52.8 Å². The summed E-state index contributed by atoms with van der Waals surface area (Å²) in [6.07, 6.45) is 0.457. The molecule has 8 heteroatoms. The molecule has 0 saturated carbocycles. The Kier molecular flexibility index (Phi) is 6.90. The van der Waals surface area contributed by atoms with Gasteiger partial charge in [-0.25, -0.2) is 8.42 Å². The van der Waals surface area contributed by atoms with Crippen molar-refractivity contribution in [2.24, 2.45) is 0 Å². The number of anilines is 1. The molecule has 0 heterocycles. The second-order valence-electron chi connectivity index (χ2n) is 6.53. The number of carbonyl (C=O) groups is 1. The summed E-state index contributed by atoms with van der Waals surface area (Å²) in [4.78, 5) is 14.2. The highest BCUT2D eigenvalue weighted by Gasteiger charge is 2.20. The second kappa shape index (κ2) is 8.97. The Bertz CT molecular complexity index is 895. The first-order chi connectivity index (χ1) is 13.1. The van der Waals surface area contributed by atoms with Crippen molar-refractivity contribution in [3.63, 3.8) is 0 Å². The van der Waals surface area contributed by atoms with Gasteiger partial charge in [0.05, 0.1) is 19.1 Å². The van der Waals surface area contributed by atoms with Gasteiger partial charge in [-0.3, -0.25) is 9.10 Å². The van der Waals surface area contributed by atoms with Gasteiger partial charge in [-0.2, -0.15) is 0 Å². The molecule has 2 rings (SSSR count). The van der Waals surface area contributed by atoms with Crippen molar-refractivity contribution in [2.45, 2.75) is 19.6 Å². The molecule has 1 unspecified atom stereocenters. The molecule has 0 aliphatic rings. The number of likely N-dealkylation sites (N-methyl/N-ethyl adjacent to an activating group) is 1. The van der Waals surface area contributed by atoms with Crippen LogP contribution in [0.25, 0.3) is 0 Å². The van der Waals surface area contributed by atoms with Crippen LogP contribution in [-0.2, 0) is 21.4 Å². The molecule has 0 aliphatic heterocycles. The van der Waals surface area contributed by atoms with Crippen molar-refractivity contribution in [3.8, 4) is 11.5 Å². The molecule has 2 aromatic rings. The number of nitrogens with zero attached hydrogens (tertiary/aromatic N) is 2. The van der Waals surface area contributed by atoms with Gasteiger partial charge in [0.25, 0.3) is 5.91 Å². The fourth-order valence-corrected chi connectivity index (χ4v) is 3.08. The average molecular weight is 407 g/mol. The zero-order valence-corrected chi connectivity index (χ0v) is 17.6. The van der Waals surface area contributed by atoms with Crippen molar-refractivity contribution >= 4 is 21.6 Å². The Morgan fingerprint density at radius 1 is 1.00 bits per heavy atom. The fraction of sp³-hybridized carbons (Fsp3) is 0.350. The predicted octanol–water partition coefficient (Wildman–Crippen LogP) is 2.52. The van der Waals surface area contributed by atoms with E-state index < -0.39 is 16.1 Å². The number of ether oxygens (including phenoxy) is 2. The maximum Gasteiger partial charge on any atom is 0.263 e. The van der Waals surface area contributed by atoms with E-state index in [1.165, 1.54) is 11.4 Å². The lowest BCUT2D eigenvalue weighted by atomic mass is 10.2. The van der Waals surface area contributed by atoms with E-state index >= 15 is 0 Å². The third kappa shape index (κ3) is 5.63. The van der Waals surface area contributed by atoms with Gasteiger partial charge in [-0.1, -0.05) is 12.1 Å². The van der Waals surface area contributed by atoms with E-state index in [2.05, 4.69) is 0 Å². The lowest BCUT2D eigenvalue weighted by Gasteiger charge is -2.23. The Hall–Kier alpha value is -2.74. The summed E-state index contributed by atoms with van der Waals surface area (Å²) in [5, 5.41) is 0. The predicted molar refractivity (Wildman–Crippen MR) is 109 cm³/mol. The van der Waals surface area contributed by atoms with Crippen molar-refractivity contribution in [1.29, 1.82) is 0 Å². The standard InChI is InChI=1S/C20H26N2O5S/c1-15(20(23)21(2)14-16-6-10-18(26-4)11-7-16)27-19-12-8-17(9-13-19)22(3)28(5,24)25/h6-13,15H,14H2,1-5H3. The molecule has 0 aliphatic carbocycles. The van der Waals surface area contributed by atoms with Crippen LogP contribution in [0.4, 0.5) is 5.69 Å². The molecule has 0 fully saturated rings. The molecule has 0 N–H and O–H groups in total. The SMILES string of the molecule is COc1ccc(CN(C)C(=O)C(C)Oc2ccc(N(C)S(C)(=O)=O)cc2)cc1. The number of benzene rings is 2. The summed E-state index contributed by atoms with van der Waals surface area (Å²) in [6, 6.07) is 14.1. The van der Waals surface area contributed by atoms with E-state index in [9.17, 15) is 13.2 Å². The van der Waals surface area contributed by atoms with Gasteiger partial charge >= 0.3 is 0 Å². The van der Waals surface area contributed by atoms with E-state index in [0.29, 0.717) is 18.0 Å². The molecule has 0 spiro atoms. The van der Waals surface area contributed by atoms with Crippen LogP contribution in [0.5, 0.6) is 11.5 Å². The number of carbonyl (C=O) groups excluding carboxylic acids is 1. The first kappa shape index (κ1) is 21.6. The number of sulfonamides is 1. The minimum atomic E-state index is -3.33. The molecule has 1 atom stereocenters. The van der Waals surface area contributed by atoms with Crippen molar-refractivity contribution in [3.05, 3.63) is 54.1 Å². The van der Waals surface area contributed by atoms with Gasteiger partial charge in [0.2, 0.25) is 10.0 Å². The summed E-state index contributed by atoms with van der Waals surface area (Å²) in [6.45, 7) is 2.14. The lowest BCUT2D eigenvalue weighted by molar-refractivity contribution is -0.137. The Morgan fingerprint density at radius 3 is 2.04 bits per heavy atom. The molecule has 0 radical (unpaired) electrons. The van der Waals surface area contributed by atoms with Crippen LogP contribution in [0.1, 0.15) is 12.5 Å².